The molecule has 0 spiro atoms. The zero-order chi connectivity index (χ0) is 19.4. The van der Waals surface area contributed by atoms with Gasteiger partial charge in [0.05, 0.1) is 31.4 Å². The molecule has 28 heavy (non-hydrogen) atoms. The average Bonchev–Trinajstić information content (AvgIpc) is 3.06. The van der Waals surface area contributed by atoms with Crippen molar-refractivity contribution >= 4 is 23.2 Å². The predicted molar refractivity (Wildman–Crippen MR) is 101 cm³/mol. The van der Waals surface area contributed by atoms with E-state index in [-0.39, 0.29) is 5.69 Å². The van der Waals surface area contributed by atoms with Gasteiger partial charge in [0, 0.05) is 25.3 Å². The summed E-state index contributed by atoms with van der Waals surface area (Å²) in [4.78, 5) is 32.0. The number of nitrogens with two attached hydrogens (primary N) is 1. The van der Waals surface area contributed by atoms with Gasteiger partial charge in [-0.05, 0) is 18.8 Å². The highest BCUT2D eigenvalue weighted by Crippen LogP contribution is 2.44. The number of fused-ring (bicyclic) bond motifs is 2. The maximum absolute atomic E-state index is 12.5. The highest BCUT2D eigenvalue weighted by Gasteiger charge is 2.53. The summed E-state index contributed by atoms with van der Waals surface area (Å²) in [5.41, 5.74) is 7.60. The molecule has 1 saturated carbocycles. The minimum absolute atomic E-state index is 0.215. The highest BCUT2D eigenvalue weighted by molar-refractivity contribution is 6.02. The third-order valence-corrected chi connectivity index (χ3v) is 5.42. The molecule has 0 unspecified atom stereocenters. The van der Waals surface area contributed by atoms with Crippen LogP contribution in [0.15, 0.2) is 24.8 Å². The second-order valence-corrected chi connectivity index (χ2v) is 7.27. The SMILES string of the molecule is COc1nc(NC(=O)c2cnc(N3C[C@@H]4[C@@H](N)[C@@H]4C3)cn2)cn2cc(C)nc12. The van der Waals surface area contributed by atoms with Gasteiger partial charge in [0.1, 0.15) is 11.5 Å². The van der Waals surface area contributed by atoms with E-state index >= 15 is 0 Å². The first kappa shape index (κ1) is 16.9. The second kappa shape index (κ2) is 6.13. The number of aryl methyl sites for hydroxylation is 1. The maximum atomic E-state index is 12.5. The fourth-order valence-corrected chi connectivity index (χ4v) is 3.83. The Labute approximate surface area is 160 Å². The van der Waals surface area contributed by atoms with Crippen molar-refractivity contribution in [2.75, 3.05) is 30.4 Å². The average molecular weight is 380 g/mol. The van der Waals surface area contributed by atoms with Crippen LogP contribution >= 0.6 is 0 Å². The van der Waals surface area contributed by atoms with Gasteiger partial charge in [-0.3, -0.25) is 9.20 Å². The predicted octanol–water partition coefficient (Wildman–Crippen LogP) is 0.482. The first-order chi connectivity index (χ1) is 13.5. The van der Waals surface area contributed by atoms with Crippen LogP contribution in [0.1, 0.15) is 16.2 Å². The van der Waals surface area contributed by atoms with E-state index in [2.05, 4.69) is 30.2 Å². The quantitative estimate of drug-likeness (QED) is 0.670. The van der Waals surface area contributed by atoms with Crippen LogP contribution in [0, 0.1) is 18.8 Å². The molecule has 0 bridgehead atoms. The number of amides is 1. The molecule has 3 N–H and O–H groups in total. The molecule has 4 heterocycles. The number of nitrogens with one attached hydrogen (secondary N) is 1. The van der Waals surface area contributed by atoms with Crippen LogP contribution in [0.2, 0.25) is 0 Å². The largest absolute Gasteiger partial charge is 0.478 e. The van der Waals surface area contributed by atoms with Gasteiger partial charge in [-0.2, -0.15) is 4.98 Å². The van der Waals surface area contributed by atoms with Gasteiger partial charge in [0.15, 0.2) is 5.82 Å². The van der Waals surface area contributed by atoms with Crippen molar-refractivity contribution in [1.29, 1.82) is 0 Å². The van der Waals surface area contributed by atoms with Crippen molar-refractivity contribution in [2.45, 2.75) is 13.0 Å². The van der Waals surface area contributed by atoms with Crippen LogP contribution in [0.25, 0.3) is 5.65 Å². The summed E-state index contributed by atoms with van der Waals surface area (Å²) in [6.07, 6.45) is 6.61. The van der Waals surface area contributed by atoms with Crippen LogP contribution in [0.3, 0.4) is 0 Å². The Hall–Kier alpha value is -3.27. The Morgan fingerprint density at radius 1 is 1.21 bits per heavy atom. The molecule has 0 aromatic carbocycles. The van der Waals surface area contributed by atoms with Gasteiger partial charge in [-0.1, -0.05) is 0 Å². The Morgan fingerprint density at radius 2 is 2.00 bits per heavy atom. The number of anilines is 2. The lowest BCUT2D eigenvalue weighted by atomic mass is 10.3. The summed E-state index contributed by atoms with van der Waals surface area (Å²) in [6.45, 7) is 3.68. The van der Waals surface area contributed by atoms with E-state index in [0.717, 1.165) is 24.6 Å². The van der Waals surface area contributed by atoms with Crippen molar-refractivity contribution in [2.24, 2.45) is 17.6 Å². The monoisotopic (exact) mass is 380 g/mol. The number of methoxy groups -OCH3 is 1. The molecule has 2 aliphatic rings. The molecule has 10 nitrogen and oxygen atoms in total. The lowest BCUT2D eigenvalue weighted by molar-refractivity contribution is 0.102. The lowest BCUT2D eigenvalue weighted by Gasteiger charge is -2.19. The van der Waals surface area contributed by atoms with E-state index in [1.807, 2.05) is 13.1 Å². The highest BCUT2D eigenvalue weighted by atomic mass is 16.5. The zero-order valence-electron chi connectivity index (χ0n) is 15.5. The number of aromatic nitrogens is 5. The molecule has 1 aliphatic heterocycles. The molecule has 1 aliphatic carbocycles. The molecular formula is C18H20N8O2. The summed E-state index contributed by atoms with van der Waals surface area (Å²) >= 11 is 0. The molecule has 5 rings (SSSR count). The summed E-state index contributed by atoms with van der Waals surface area (Å²) in [5, 5.41) is 2.73. The molecule has 1 saturated heterocycles. The van der Waals surface area contributed by atoms with E-state index in [9.17, 15) is 4.79 Å². The Balaban J connectivity index is 1.32. The number of hydrogen-bond donors (Lipinski definition) is 2. The minimum Gasteiger partial charge on any atom is -0.478 e. The minimum atomic E-state index is -0.393. The van der Waals surface area contributed by atoms with Crippen molar-refractivity contribution in [3.05, 3.63) is 36.2 Å². The smallest absolute Gasteiger partial charge is 0.277 e. The maximum Gasteiger partial charge on any atom is 0.277 e. The number of hydrogen-bond acceptors (Lipinski definition) is 8. The van der Waals surface area contributed by atoms with E-state index in [4.69, 9.17) is 10.5 Å². The van der Waals surface area contributed by atoms with Crippen LogP contribution in [-0.4, -0.2) is 56.5 Å². The summed E-state index contributed by atoms with van der Waals surface area (Å²) < 4.78 is 7.03. The molecule has 3 atom stereocenters. The van der Waals surface area contributed by atoms with E-state index in [1.54, 1.807) is 16.8 Å². The molecular weight excluding hydrogens is 360 g/mol. The van der Waals surface area contributed by atoms with Gasteiger partial charge >= 0.3 is 0 Å². The lowest BCUT2D eigenvalue weighted by Crippen LogP contribution is -2.29. The normalized spacial score (nSPS) is 23.0. The van der Waals surface area contributed by atoms with Crippen molar-refractivity contribution in [1.82, 2.24) is 24.3 Å². The molecule has 1 amide bonds. The van der Waals surface area contributed by atoms with Crippen LogP contribution in [-0.2, 0) is 0 Å². The van der Waals surface area contributed by atoms with Crippen LogP contribution in [0.4, 0.5) is 11.6 Å². The standard InChI is InChI=1S/C18H20N8O2/c1-9-5-26-8-13(24-18(28-2)16(26)22-9)23-17(27)12-3-21-14(4-20-12)25-6-10-11(7-25)15(10)19/h3-5,8,10-11,15H,6-7,19H2,1-2H3,(H,23,27)/t10-,11+,15+. The van der Waals surface area contributed by atoms with E-state index < -0.39 is 5.91 Å². The number of piperidine rings is 1. The number of carbonyl (C=O) groups excluding carboxylic acids is 1. The topological polar surface area (TPSA) is 124 Å². The van der Waals surface area contributed by atoms with Crippen LogP contribution < -0.4 is 20.7 Å². The summed E-state index contributed by atoms with van der Waals surface area (Å²) in [6, 6.07) is 0.329. The number of ether oxygens (including phenoxy) is 1. The molecule has 2 fully saturated rings. The Morgan fingerprint density at radius 3 is 2.68 bits per heavy atom. The van der Waals surface area contributed by atoms with Crippen LogP contribution in [0.5, 0.6) is 5.88 Å². The van der Waals surface area contributed by atoms with Gasteiger partial charge in [-0.15, -0.1) is 0 Å². The fourth-order valence-electron chi connectivity index (χ4n) is 3.83. The van der Waals surface area contributed by atoms with Gasteiger partial charge in [-0.25, -0.2) is 15.0 Å². The van der Waals surface area contributed by atoms with Crippen molar-refractivity contribution in [3.8, 4) is 5.88 Å². The van der Waals surface area contributed by atoms with Crippen molar-refractivity contribution < 1.29 is 9.53 Å². The first-order valence-corrected chi connectivity index (χ1v) is 9.08. The first-order valence-electron chi connectivity index (χ1n) is 9.08. The number of carbonyl (C=O) groups is 1. The van der Waals surface area contributed by atoms with E-state index in [0.29, 0.717) is 35.2 Å². The fraction of sp³-hybridized carbons (Fsp3) is 0.389. The van der Waals surface area contributed by atoms with Crippen molar-refractivity contribution in [3.63, 3.8) is 0 Å². The third kappa shape index (κ3) is 2.73. The molecule has 0 radical (unpaired) electrons. The summed E-state index contributed by atoms with van der Waals surface area (Å²) in [7, 11) is 1.51. The van der Waals surface area contributed by atoms with Gasteiger partial charge < -0.3 is 20.7 Å². The van der Waals surface area contributed by atoms with Gasteiger partial charge in [0.25, 0.3) is 11.8 Å². The molecule has 3 aromatic heterocycles. The van der Waals surface area contributed by atoms with Gasteiger partial charge in [0.2, 0.25) is 5.65 Å². The number of rotatable bonds is 4. The third-order valence-electron chi connectivity index (χ3n) is 5.42. The van der Waals surface area contributed by atoms with E-state index in [1.165, 1.54) is 13.3 Å². The number of nitrogens with zero attached hydrogens (tertiary/aromatic N) is 6. The second-order valence-electron chi connectivity index (χ2n) is 7.27. The molecule has 3 aromatic rings. The zero-order valence-corrected chi connectivity index (χ0v) is 15.5. The molecule has 10 heteroatoms. The Kier molecular flexibility index (Phi) is 3.69. The molecule has 144 valence electrons. The Bertz CT molecular complexity index is 1050. The summed E-state index contributed by atoms with van der Waals surface area (Å²) in [5.74, 6) is 2.17. The number of imidazole rings is 1.